The van der Waals surface area contributed by atoms with Crippen LogP contribution >= 0.6 is 27.5 Å². The summed E-state index contributed by atoms with van der Waals surface area (Å²) >= 11 is 9.82. The van der Waals surface area contributed by atoms with Gasteiger partial charge in [0.15, 0.2) is 0 Å². The fraction of sp³-hybridized carbons (Fsp3) is 0.300. The molecule has 1 heterocycles. The van der Waals surface area contributed by atoms with Crippen molar-refractivity contribution in [2.45, 2.75) is 54.0 Å². The van der Waals surface area contributed by atoms with Crippen LogP contribution in [0.4, 0.5) is 17.3 Å². The number of hydrogen-bond acceptors (Lipinski definition) is 4. The van der Waals surface area contributed by atoms with E-state index in [9.17, 15) is 9.59 Å². The molecule has 0 bridgehead atoms. The Kier molecular flexibility index (Phi) is 10.5. The monoisotopic (exact) mass is 611 g/mol. The van der Waals surface area contributed by atoms with Gasteiger partial charge < -0.3 is 20.9 Å². The molecule has 0 saturated carbocycles. The molecule has 0 aliphatic rings. The number of aromatic nitrogens is 2. The van der Waals surface area contributed by atoms with Crippen molar-refractivity contribution in [1.82, 2.24) is 15.3 Å². The van der Waals surface area contributed by atoms with Crippen molar-refractivity contribution in [2.75, 3.05) is 10.6 Å². The third-order valence-electron chi connectivity index (χ3n) is 6.69. The van der Waals surface area contributed by atoms with E-state index in [0.29, 0.717) is 45.5 Å². The van der Waals surface area contributed by atoms with Crippen molar-refractivity contribution in [2.24, 2.45) is 5.41 Å². The summed E-state index contributed by atoms with van der Waals surface area (Å²) in [5, 5.41) is 9.67. The molecule has 4 rings (SSSR count). The number of H-pyrrole nitrogens is 1. The molecule has 4 aromatic rings. The highest BCUT2D eigenvalue weighted by molar-refractivity contribution is 9.10. The normalized spacial score (nSPS) is 10.9. The number of nitrogens with one attached hydrogen (secondary N) is 4. The fourth-order valence-corrected chi connectivity index (χ4v) is 4.25. The minimum absolute atomic E-state index is 0.0409. The molecule has 0 unspecified atom stereocenters. The molecule has 1 aromatic heterocycles. The zero-order chi connectivity index (χ0) is 28.6. The third-order valence-corrected chi connectivity index (χ3v) is 7.55. The quantitative estimate of drug-likeness (QED) is 0.152. The first-order chi connectivity index (χ1) is 18.7. The number of imidazole rings is 1. The summed E-state index contributed by atoms with van der Waals surface area (Å²) in [5.41, 5.74) is 3.83. The van der Waals surface area contributed by atoms with E-state index >= 15 is 0 Å². The minimum Gasteiger partial charge on any atom is -0.352 e. The SMILES string of the molecule is CC.CCC(C)(CC)C(=O)NCc1ccc(Cl)c(Nc2nc3ccc(C(=O)Nc4ccc(Br)cc4)cc3[nH]2)c1. The van der Waals surface area contributed by atoms with Gasteiger partial charge in [-0.2, -0.15) is 0 Å². The van der Waals surface area contributed by atoms with Crippen molar-refractivity contribution in [3.05, 3.63) is 81.3 Å². The highest BCUT2D eigenvalue weighted by atomic mass is 79.9. The minimum atomic E-state index is -0.379. The average Bonchev–Trinajstić information content (AvgIpc) is 3.36. The summed E-state index contributed by atoms with van der Waals surface area (Å²) in [6, 6.07) is 18.2. The largest absolute Gasteiger partial charge is 0.352 e. The van der Waals surface area contributed by atoms with Gasteiger partial charge in [-0.3, -0.25) is 9.59 Å². The zero-order valence-corrected chi connectivity index (χ0v) is 25.3. The van der Waals surface area contributed by atoms with Crippen LogP contribution in [0.5, 0.6) is 0 Å². The molecule has 0 aliphatic carbocycles. The van der Waals surface area contributed by atoms with E-state index in [1.165, 1.54) is 0 Å². The molecular weight excluding hydrogens is 578 g/mol. The molecule has 206 valence electrons. The Balaban J connectivity index is 0.00000205. The smallest absolute Gasteiger partial charge is 0.255 e. The van der Waals surface area contributed by atoms with Gasteiger partial charge in [0.2, 0.25) is 11.9 Å². The summed E-state index contributed by atoms with van der Waals surface area (Å²) in [6.45, 7) is 10.4. The third kappa shape index (κ3) is 7.61. The van der Waals surface area contributed by atoms with Crippen LogP contribution in [0.3, 0.4) is 0 Å². The van der Waals surface area contributed by atoms with Crippen LogP contribution in [0.25, 0.3) is 11.0 Å². The van der Waals surface area contributed by atoms with Crippen LogP contribution in [-0.2, 0) is 11.3 Å². The van der Waals surface area contributed by atoms with Crippen molar-refractivity contribution < 1.29 is 9.59 Å². The number of hydrogen-bond donors (Lipinski definition) is 4. The van der Waals surface area contributed by atoms with Gasteiger partial charge in [-0.05, 0) is 73.0 Å². The number of carbonyl (C=O) groups is 2. The van der Waals surface area contributed by atoms with Crippen LogP contribution < -0.4 is 16.0 Å². The van der Waals surface area contributed by atoms with Crippen molar-refractivity contribution in [1.29, 1.82) is 0 Å². The Morgan fingerprint density at radius 2 is 1.69 bits per heavy atom. The van der Waals surface area contributed by atoms with Gasteiger partial charge in [0, 0.05) is 27.7 Å². The molecule has 0 spiro atoms. The number of halogens is 2. The van der Waals surface area contributed by atoms with E-state index in [-0.39, 0.29) is 17.2 Å². The lowest BCUT2D eigenvalue weighted by atomic mass is 9.84. The first-order valence-corrected chi connectivity index (χ1v) is 14.3. The van der Waals surface area contributed by atoms with E-state index in [0.717, 1.165) is 22.9 Å². The van der Waals surface area contributed by atoms with Crippen LogP contribution in [0.2, 0.25) is 5.02 Å². The number of aromatic amines is 1. The zero-order valence-electron chi connectivity index (χ0n) is 22.9. The Bertz CT molecular complexity index is 1430. The second kappa shape index (κ2) is 13.6. The predicted octanol–water partition coefficient (Wildman–Crippen LogP) is 8.44. The van der Waals surface area contributed by atoms with Gasteiger partial charge in [0.05, 0.1) is 21.7 Å². The van der Waals surface area contributed by atoms with Crippen molar-refractivity contribution in [3.63, 3.8) is 0 Å². The molecule has 2 amide bonds. The average molecular weight is 613 g/mol. The van der Waals surface area contributed by atoms with Crippen molar-refractivity contribution in [3.8, 4) is 0 Å². The maximum absolute atomic E-state index is 12.7. The highest BCUT2D eigenvalue weighted by Gasteiger charge is 2.28. The summed E-state index contributed by atoms with van der Waals surface area (Å²) in [7, 11) is 0. The van der Waals surface area contributed by atoms with Crippen molar-refractivity contribution >= 4 is 67.7 Å². The number of rotatable bonds is 9. The number of amides is 2. The van der Waals surface area contributed by atoms with E-state index in [1.807, 2.05) is 71.0 Å². The van der Waals surface area contributed by atoms with Crippen LogP contribution in [0.15, 0.2) is 65.1 Å². The number of nitrogens with zero attached hydrogens (tertiary/aromatic N) is 1. The van der Waals surface area contributed by atoms with Gasteiger partial charge >= 0.3 is 0 Å². The Hall–Kier alpha value is -3.36. The van der Waals surface area contributed by atoms with Gasteiger partial charge in [-0.1, -0.05) is 68.2 Å². The predicted molar refractivity (Wildman–Crippen MR) is 165 cm³/mol. The van der Waals surface area contributed by atoms with E-state index in [2.05, 4.69) is 41.8 Å². The molecular formula is C30H35BrClN5O2. The maximum Gasteiger partial charge on any atom is 0.255 e. The van der Waals surface area contributed by atoms with Crippen LogP contribution in [0, 0.1) is 5.41 Å². The summed E-state index contributed by atoms with van der Waals surface area (Å²) in [6.07, 6.45) is 1.56. The molecule has 0 saturated heterocycles. The highest BCUT2D eigenvalue weighted by Crippen LogP contribution is 2.28. The molecule has 3 aromatic carbocycles. The number of anilines is 3. The number of benzene rings is 3. The lowest BCUT2D eigenvalue weighted by Gasteiger charge is -2.25. The molecule has 0 radical (unpaired) electrons. The lowest BCUT2D eigenvalue weighted by Crippen LogP contribution is -2.37. The maximum atomic E-state index is 12.7. The number of fused-ring (bicyclic) bond motifs is 1. The summed E-state index contributed by atoms with van der Waals surface area (Å²) in [5.74, 6) is 0.320. The van der Waals surface area contributed by atoms with Crippen LogP contribution in [0.1, 0.15) is 63.4 Å². The van der Waals surface area contributed by atoms with Gasteiger partial charge in [0.1, 0.15) is 0 Å². The van der Waals surface area contributed by atoms with Gasteiger partial charge in [0.25, 0.3) is 5.91 Å². The van der Waals surface area contributed by atoms with E-state index < -0.39 is 0 Å². The second-order valence-corrected chi connectivity index (χ2v) is 10.5. The van der Waals surface area contributed by atoms with Gasteiger partial charge in [-0.25, -0.2) is 4.98 Å². The van der Waals surface area contributed by atoms with E-state index in [1.54, 1.807) is 24.3 Å². The lowest BCUT2D eigenvalue weighted by molar-refractivity contribution is -0.130. The van der Waals surface area contributed by atoms with Gasteiger partial charge in [-0.15, -0.1) is 0 Å². The first-order valence-electron chi connectivity index (χ1n) is 13.1. The molecule has 0 fully saturated rings. The molecule has 4 N–H and O–H groups in total. The Morgan fingerprint density at radius 3 is 2.36 bits per heavy atom. The summed E-state index contributed by atoms with van der Waals surface area (Å²) in [4.78, 5) is 33.1. The van der Waals surface area contributed by atoms with Crippen LogP contribution in [-0.4, -0.2) is 21.8 Å². The van der Waals surface area contributed by atoms with E-state index in [4.69, 9.17) is 11.6 Å². The molecule has 39 heavy (non-hydrogen) atoms. The molecule has 9 heteroatoms. The first kappa shape index (κ1) is 30.2. The second-order valence-electron chi connectivity index (χ2n) is 9.17. The molecule has 0 atom stereocenters. The Morgan fingerprint density at radius 1 is 1.00 bits per heavy atom. The topological polar surface area (TPSA) is 98.9 Å². The fourth-order valence-electron chi connectivity index (χ4n) is 3.82. The number of carbonyl (C=O) groups excluding carboxylic acids is 2. The summed E-state index contributed by atoms with van der Waals surface area (Å²) < 4.78 is 0.941. The standard InChI is InChI=1S/C28H29BrClN5O2.C2H6/c1-4-28(3,5-2)26(37)31-16-17-6-12-21(30)23(14-17)34-27-33-22-13-7-18(15-24(22)35-27)25(36)32-20-10-8-19(29)9-11-20;1-2/h6-15H,4-5,16H2,1-3H3,(H,31,37)(H,32,36)(H2,33,34,35);1-2H3. The Labute approximate surface area is 243 Å². The molecule has 7 nitrogen and oxygen atoms in total. The molecule has 0 aliphatic heterocycles.